The molecule has 1 saturated carbocycles. The van der Waals surface area contributed by atoms with Crippen LogP contribution in [0.2, 0.25) is 0 Å². The Morgan fingerprint density at radius 1 is 1.30 bits per heavy atom. The summed E-state index contributed by atoms with van der Waals surface area (Å²) in [4.78, 5) is 2.45. The van der Waals surface area contributed by atoms with Crippen LogP contribution in [0.1, 0.15) is 60.8 Å². The van der Waals surface area contributed by atoms with Gasteiger partial charge in [0.05, 0.1) is 6.10 Å². The van der Waals surface area contributed by atoms with E-state index in [1.54, 1.807) is 0 Å². The van der Waals surface area contributed by atoms with Crippen molar-refractivity contribution in [2.45, 2.75) is 84.3 Å². The van der Waals surface area contributed by atoms with Crippen molar-refractivity contribution in [1.82, 2.24) is 4.90 Å². The maximum Gasteiger partial charge on any atom is 0.141 e. The van der Waals surface area contributed by atoms with Gasteiger partial charge in [0.2, 0.25) is 0 Å². The van der Waals surface area contributed by atoms with Crippen molar-refractivity contribution >= 4 is 0 Å². The summed E-state index contributed by atoms with van der Waals surface area (Å²) in [6.45, 7) is 18.4. The Kier molecular flexibility index (Phi) is 4.23. The van der Waals surface area contributed by atoms with Gasteiger partial charge in [0.15, 0.2) is 0 Å². The molecule has 2 saturated heterocycles. The topological polar surface area (TPSA) is 32.7 Å². The molecule has 6 unspecified atom stereocenters. The Morgan fingerprint density at radius 2 is 1.96 bits per heavy atom. The van der Waals surface area contributed by atoms with Crippen molar-refractivity contribution in [2.75, 3.05) is 6.54 Å². The molecule has 132 valence electrons. The molecule has 0 bridgehead atoms. The number of hydrogen-bond donors (Lipinski definition) is 1. The molecule has 1 N–H and O–H groups in total. The first-order valence-corrected chi connectivity index (χ1v) is 9.40. The molecule has 3 nitrogen and oxygen atoms in total. The van der Waals surface area contributed by atoms with Gasteiger partial charge in [-0.2, -0.15) is 0 Å². The lowest BCUT2D eigenvalue weighted by atomic mass is 9.69. The number of nitrogens with zero attached hydrogens (tertiary/aromatic N) is 1. The molecular weight excluding hydrogens is 286 g/mol. The predicted octanol–water partition coefficient (Wildman–Crippen LogP) is 3.82. The average molecular weight is 322 g/mol. The zero-order chi connectivity index (χ0) is 17.2. The fourth-order valence-corrected chi connectivity index (χ4v) is 5.48. The highest BCUT2D eigenvalue weighted by Crippen LogP contribution is 2.53. The van der Waals surface area contributed by atoms with Crippen LogP contribution >= 0.6 is 0 Å². The summed E-state index contributed by atoms with van der Waals surface area (Å²) >= 11 is 0. The molecule has 0 aromatic carbocycles. The van der Waals surface area contributed by atoms with Gasteiger partial charge in [-0.25, -0.2) is 0 Å². The molecule has 0 spiro atoms. The first-order chi connectivity index (χ1) is 10.6. The van der Waals surface area contributed by atoms with Gasteiger partial charge in [-0.3, -0.25) is 4.90 Å². The number of rotatable bonds is 2. The van der Waals surface area contributed by atoms with E-state index >= 15 is 0 Å². The Morgan fingerprint density at radius 3 is 2.52 bits per heavy atom. The standard InChI is InChI=1S/C20H35NO2/c1-12(2)16-11-21-18(20(16,22)13(3)4)23-17-10-14(5)8-9-15(17)19(21,6)7/h13-18,22H,1,8-11H2,2-7H3. The molecular formula is C20H35NO2. The van der Waals surface area contributed by atoms with E-state index in [4.69, 9.17) is 4.74 Å². The first kappa shape index (κ1) is 17.4. The summed E-state index contributed by atoms with van der Waals surface area (Å²) in [5, 5.41) is 11.7. The number of hydrogen-bond acceptors (Lipinski definition) is 3. The van der Waals surface area contributed by atoms with Gasteiger partial charge in [0, 0.05) is 23.9 Å². The Bertz CT molecular complexity index is 486. The predicted molar refractivity (Wildman–Crippen MR) is 94.0 cm³/mol. The van der Waals surface area contributed by atoms with Gasteiger partial charge in [0.1, 0.15) is 11.8 Å². The van der Waals surface area contributed by atoms with Crippen LogP contribution in [0.25, 0.3) is 0 Å². The maximum absolute atomic E-state index is 11.7. The largest absolute Gasteiger partial charge is 0.385 e. The van der Waals surface area contributed by atoms with Crippen molar-refractivity contribution < 1.29 is 9.84 Å². The van der Waals surface area contributed by atoms with Crippen molar-refractivity contribution in [3.63, 3.8) is 0 Å². The lowest BCUT2D eigenvalue weighted by molar-refractivity contribution is -0.268. The summed E-state index contributed by atoms with van der Waals surface area (Å²) in [5.74, 6) is 1.52. The molecule has 3 aliphatic rings. The first-order valence-electron chi connectivity index (χ1n) is 9.40. The zero-order valence-electron chi connectivity index (χ0n) is 15.8. The van der Waals surface area contributed by atoms with Gasteiger partial charge in [-0.05, 0) is 45.4 Å². The SMILES string of the molecule is C=C(C)C1CN2C(OC3CC(C)CCC3C2(C)C)C1(O)C(C)C. The Hall–Kier alpha value is -0.380. The summed E-state index contributed by atoms with van der Waals surface area (Å²) < 4.78 is 6.61. The minimum atomic E-state index is -0.839. The summed E-state index contributed by atoms with van der Waals surface area (Å²) in [7, 11) is 0. The highest BCUT2D eigenvalue weighted by molar-refractivity contribution is 5.19. The van der Waals surface area contributed by atoms with E-state index in [2.05, 4.69) is 53.0 Å². The lowest BCUT2D eigenvalue weighted by Crippen LogP contribution is -2.66. The van der Waals surface area contributed by atoms with E-state index in [-0.39, 0.29) is 29.7 Å². The van der Waals surface area contributed by atoms with Gasteiger partial charge in [-0.15, -0.1) is 0 Å². The Labute approximate surface area is 142 Å². The minimum absolute atomic E-state index is 0.0702. The van der Waals surface area contributed by atoms with Crippen LogP contribution < -0.4 is 0 Å². The maximum atomic E-state index is 11.7. The molecule has 0 radical (unpaired) electrons. The number of ether oxygens (including phenoxy) is 1. The van der Waals surface area contributed by atoms with Crippen LogP contribution in [-0.4, -0.2) is 40.0 Å². The number of fused-ring (bicyclic) bond motifs is 2. The molecule has 0 amide bonds. The summed E-state index contributed by atoms with van der Waals surface area (Å²) in [6.07, 6.45) is 3.74. The molecule has 2 heterocycles. The van der Waals surface area contributed by atoms with Gasteiger partial charge >= 0.3 is 0 Å². The van der Waals surface area contributed by atoms with Crippen LogP contribution in [0.4, 0.5) is 0 Å². The van der Waals surface area contributed by atoms with Crippen molar-refractivity contribution in [2.24, 2.45) is 23.7 Å². The van der Waals surface area contributed by atoms with E-state index in [0.717, 1.165) is 24.5 Å². The molecule has 3 heteroatoms. The molecule has 0 aromatic heterocycles. The fraction of sp³-hybridized carbons (Fsp3) is 0.900. The second-order valence-corrected chi connectivity index (χ2v) is 9.30. The second kappa shape index (κ2) is 5.57. The van der Waals surface area contributed by atoms with Crippen LogP contribution in [0, 0.1) is 23.7 Å². The van der Waals surface area contributed by atoms with E-state index in [1.165, 1.54) is 12.8 Å². The van der Waals surface area contributed by atoms with Gasteiger partial charge in [0.25, 0.3) is 0 Å². The molecule has 23 heavy (non-hydrogen) atoms. The number of aliphatic hydroxyl groups is 1. The molecule has 3 fully saturated rings. The van der Waals surface area contributed by atoms with Gasteiger partial charge < -0.3 is 9.84 Å². The monoisotopic (exact) mass is 321 g/mol. The van der Waals surface area contributed by atoms with Crippen LogP contribution in [0.3, 0.4) is 0 Å². The molecule has 2 aliphatic heterocycles. The minimum Gasteiger partial charge on any atom is -0.385 e. The smallest absolute Gasteiger partial charge is 0.141 e. The van der Waals surface area contributed by atoms with E-state index in [9.17, 15) is 5.11 Å². The van der Waals surface area contributed by atoms with Gasteiger partial charge in [-0.1, -0.05) is 39.3 Å². The lowest BCUT2D eigenvalue weighted by Gasteiger charge is -2.57. The second-order valence-electron chi connectivity index (χ2n) is 9.30. The van der Waals surface area contributed by atoms with E-state index < -0.39 is 5.60 Å². The average Bonchev–Trinajstić information content (AvgIpc) is 2.74. The summed E-state index contributed by atoms with van der Waals surface area (Å²) in [5.41, 5.74) is 0.307. The third-order valence-electron chi connectivity index (χ3n) is 7.14. The third-order valence-corrected chi connectivity index (χ3v) is 7.14. The van der Waals surface area contributed by atoms with Crippen LogP contribution in [0.15, 0.2) is 12.2 Å². The quantitative estimate of drug-likeness (QED) is 0.785. The van der Waals surface area contributed by atoms with E-state index in [0.29, 0.717) is 5.92 Å². The highest BCUT2D eigenvalue weighted by Gasteiger charge is 2.64. The molecule has 6 atom stereocenters. The van der Waals surface area contributed by atoms with Crippen molar-refractivity contribution in [3.8, 4) is 0 Å². The third kappa shape index (κ3) is 2.42. The zero-order valence-corrected chi connectivity index (χ0v) is 15.8. The fourth-order valence-electron chi connectivity index (χ4n) is 5.48. The Balaban J connectivity index is 2.00. The molecule has 1 aliphatic carbocycles. The summed E-state index contributed by atoms with van der Waals surface area (Å²) in [6, 6.07) is 0. The normalized spacial score (nSPS) is 46.5. The van der Waals surface area contributed by atoms with Crippen LogP contribution in [0.5, 0.6) is 0 Å². The van der Waals surface area contributed by atoms with Crippen molar-refractivity contribution in [3.05, 3.63) is 12.2 Å². The van der Waals surface area contributed by atoms with E-state index in [1.807, 2.05) is 0 Å². The molecule has 3 rings (SSSR count). The molecule has 0 aromatic rings. The highest BCUT2D eigenvalue weighted by atomic mass is 16.5. The van der Waals surface area contributed by atoms with Crippen LogP contribution in [-0.2, 0) is 4.74 Å². The van der Waals surface area contributed by atoms with Crippen molar-refractivity contribution in [1.29, 1.82) is 0 Å².